The second kappa shape index (κ2) is 4.31. The van der Waals surface area contributed by atoms with Gasteiger partial charge in [0.15, 0.2) is 0 Å². The van der Waals surface area contributed by atoms with Gasteiger partial charge in [-0.2, -0.15) is 0 Å². The number of esters is 1. The first-order chi connectivity index (χ1) is 7.87. The molecule has 0 saturated carbocycles. The number of rotatable bonds is 2. The first-order valence-electron chi connectivity index (χ1n) is 5.61. The fourth-order valence-electron chi connectivity index (χ4n) is 1.67. The van der Waals surface area contributed by atoms with Gasteiger partial charge in [-0.3, -0.25) is 10.1 Å². The maximum Gasteiger partial charge on any atom is 0.325 e. The Morgan fingerprint density at radius 3 is 2.41 bits per heavy atom. The first-order valence-corrected chi connectivity index (χ1v) is 5.99. The van der Waals surface area contributed by atoms with E-state index in [4.69, 9.17) is 16.3 Å². The molecule has 0 amide bonds. The second-order valence-corrected chi connectivity index (χ2v) is 5.64. The monoisotopic (exact) mass is 253 g/mol. The predicted molar refractivity (Wildman–Crippen MR) is 67.0 cm³/mol. The minimum absolute atomic E-state index is 0.0575. The number of benzene rings is 1. The van der Waals surface area contributed by atoms with Gasteiger partial charge in [-0.1, -0.05) is 23.7 Å². The number of nitrogens with one attached hydrogen (secondary N) is 1. The van der Waals surface area contributed by atoms with Crippen LogP contribution >= 0.6 is 11.6 Å². The van der Waals surface area contributed by atoms with Crippen LogP contribution in [0.5, 0.6) is 0 Å². The van der Waals surface area contributed by atoms with Gasteiger partial charge in [-0.15, -0.1) is 0 Å². The van der Waals surface area contributed by atoms with E-state index in [0.29, 0.717) is 5.02 Å². The van der Waals surface area contributed by atoms with Gasteiger partial charge in [0.05, 0.1) is 6.04 Å². The summed E-state index contributed by atoms with van der Waals surface area (Å²) in [4.78, 5) is 11.8. The summed E-state index contributed by atoms with van der Waals surface area (Å²) in [5.41, 5.74) is 0.622. The van der Waals surface area contributed by atoms with Crippen molar-refractivity contribution in [1.82, 2.24) is 5.32 Å². The highest BCUT2D eigenvalue weighted by molar-refractivity contribution is 6.30. The molecule has 3 nitrogen and oxygen atoms in total. The summed E-state index contributed by atoms with van der Waals surface area (Å²) >= 11 is 5.81. The van der Waals surface area contributed by atoms with Crippen LogP contribution < -0.4 is 5.32 Å². The van der Waals surface area contributed by atoms with Crippen LogP contribution in [0.1, 0.15) is 32.4 Å². The summed E-state index contributed by atoms with van der Waals surface area (Å²) < 4.78 is 5.31. The SMILES string of the molecule is CC(C)(C)OC(=O)[C@@H]1N[C@@H]1c1ccc(Cl)cc1. The van der Waals surface area contributed by atoms with E-state index in [2.05, 4.69) is 5.32 Å². The molecule has 4 heteroatoms. The first kappa shape index (κ1) is 12.4. The van der Waals surface area contributed by atoms with E-state index in [1.54, 1.807) is 0 Å². The molecule has 0 unspecified atom stereocenters. The second-order valence-electron chi connectivity index (χ2n) is 5.21. The van der Waals surface area contributed by atoms with Gasteiger partial charge in [0.25, 0.3) is 0 Å². The minimum atomic E-state index is -0.439. The number of carbonyl (C=O) groups is 1. The largest absolute Gasteiger partial charge is 0.459 e. The molecule has 1 fully saturated rings. The summed E-state index contributed by atoms with van der Waals surface area (Å²) in [6.45, 7) is 5.60. The molecule has 1 saturated heterocycles. The van der Waals surface area contributed by atoms with Crippen LogP contribution in [-0.2, 0) is 9.53 Å². The molecular weight excluding hydrogens is 238 g/mol. The lowest BCUT2D eigenvalue weighted by Crippen LogP contribution is -2.27. The van der Waals surface area contributed by atoms with Crippen molar-refractivity contribution in [2.45, 2.75) is 38.5 Å². The molecule has 1 heterocycles. The van der Waals surface area contributed by atoms with Crippen LogP contribution in [0.25, 0.3) is 0 Å². The fourth-order valence-corrected chi connectivity index (χ4v) is 1.79. The van der Waals surface area contributed by atoms with Crippen molar-refractivity contribution in [3.8, 4) is 0 Å². The van der Waals surface area contributed by atoms with Crippen molar-refractivity contribution in [3.05, 3.63) is 34.9 Å². The van der Waals surface area contributed by atoms with Crippen LogP contribution in [0.15, 0.2) is 24.3 Å². The van der Waals surface area contributed by atoms with E-state index >= 15 is 0 Å². The highest BCUT2D eigenvalue weighted by Crippen LogP contribution is 2.32. The standard InChI is InChI=1S/C13H16ClNO2/c1-13(2,3)17-12(16)11-10(15-11)8-4-6-9(14)7-5-8/h4-7,10-11,15H,1-3H3/t10-,11-/m1/s1. The summed E-state index contributed by atoms with van der Waals surface area (Å²) in [6.07, 6.45) is 0. The topological polar surface area (TPSA) is 48.2 Å². The number of hydrogen-bond donors (Lipinski definition) is 1. The highest BCUT2D eigenvalue weighted by Gasteiger charge is 2.45. The van der Waals surface area contributed by atoms with E-state index in [-0.39, 0.29) is 18.1 Å². The van der Waals surface area contributed by atoms with E-state index in [9.17, 15) is 4.79 Å². The maximum atomic E-state index is 11.8. The Bertz CT molecular complexity index is 422. The summed E-state index contributed by atoms with van der Waals surface area (Å²) in [5.74, 6) is -0.197. The Hall–Kier alpha value is -1.06. The molecule has 1 N–H and O–H groups in total. The summed E-state index contributed by atoms with van der Waals surface area (Å²) in [7, 11) is 0. The van der Waals surface area contributed by atoms with Gasteiger partial charge < -0.3 is 4.74 Å². The molecule has 0 bridgehead atoms. The van der Waals surface area contributed by atoms with Crippen molar-refractivity contribution in [2.75, 3.05) is 0 Å². The third-order valence-electron chi connectivity index (χ3n) is 2.47. The van der Waals surface area contributed by atoms with Crippen LogP contribution in [-0.4, -0.2) is 17.6 Å². The minimum Gasteiger partial charge on any atom is -0.459 e. The Kier molecular flexibility index (Phi) is 3.15. The molecule has 1 aliphatic rings. The molecule has 0 radical (unpaired) electrons. The average Bonchev–Trinajstić information content (AvgIpc) is 2.96. The zero-order valence-electron chi connectivity index (χ0n) is 10.2. The van der Waals surface area contributed by atoms with Crippen LogP contribution in [0.2, 0.25) is 5.02 Å². The maximum absolute atomic E-state index is 11.8. The third-order valence-corrected chi connectivity index (χ3v) is 2.73. The van der Waals surface area contributed by atoms with E-state index < -0.39 is 5.60 Å². The van der Waals surface area contributed by atoms with Gasteiger partial charge in [-0.05, 0) is 38.5 Å². The lowest BCUT2D eigenvalue weighted by atomic mass is 10.1. The number of ether oxygens (including phenoxy) is 1. The highest BCUT2D eigenvalue weighted by atomic mass is 35.5. The van der Waals surface area contributed by atoms with Gasteiger partial charge >= 0.3 is 5.97 Å². The van der Waals surface area contributed by atoms with E-state index in [1.807, 2.05) is 45.0 Å². The summed E-state index contributed by atoms with van der Waals surface area (Å²) in [5, 5.41) is 3.81. The zero-order chi connectivity index (χ0) is 12.6. The average molecular weight is 254 g/mol. The number of halogens is 1. The zero-order valence-corrected chi connectivity index (χ0v) is 10.9. The number of hydrogen-bond acceptors (Lipinski definition) is 3. The third kappa shape index (κ3) is 3.20. The van der Waals surface area contributed by atoms with Crippen molar-refractivity contribution < 1.29 is 9.53 Å². The molecule has 0 aliphatic carbocycles. The molecule has 0 spiro atoms. The molecule has 1 aromatic carbocycles. The lowest BCUT2D eigenvalue weighted by molar-refractivity contribution is -0.154. The van der Waals surface area contributed by atoms with Gasteiger partial charge in [-0.25, -0.2) is 0 Å². The van der Waals surface area contributed by atoms with Crippen LogP contribution in [0, 0.1) is 0 Å². The molecule has 2 rings (SSSR count). The Labute approximate surface area is 106 Å². The Morgan fingerprint density at radius 2 is 1.88 bits per heavy atom. The molecule has 17 heavy (non-hydrogen) atoms. The van der Waals surface area contributed by atoms with E-state index in [0.717, 1.165) is 5.56 Å². The number of carbonyl (C=O) groups excluding carboxylic acids is 1. The molecule has 2 atom stereocenters. The quantitative estimate of drug-likeness (QED) is 0.651. The predicted octanol–water partition coefficient (Wildman–Crippen LogP) is 2.69. The van der Waals surface area contributed by atoms with Gasteiger partial charge in [0.2, 0.25) is 0 Å². The lowest BCUT2D eigenvalue weighted by Gasteiger charge is -2.19. The van der Waals surface area contributed by atoms with Crippen molar-refractivity contribution in [2.24, 2.45) is 0 Å². The van der Waals surface area contributed by atoms with E-state index in [1.165, 1.54) is 0 Å². The molecule has 1 aromatic rings. The van der Waals surface area contributed by atoms with Gasteiger partial charge in [0, 0.05) is 5.02 Å². The molecular formula is C13H16ClNO2. The smallest absolute Gasteiger partial charge is 0.325 e. The summed E-state index contributed by atoms with van der Waals surface area (Å²) in [6, 6.07) is 7.32. The Morgan fingerprint density at radius 1 is 1.29 bits per heavy atom. The van der Waals surface area contributed by atoms with Crippen molar-refractivity contribution in [3.63, 3.8) is 0 Å². The van der Waals surface area contributed by atoms with Gasteiger partial charge in [0.1, 0.15) is 11.6 Å². The van der Waals surface area contributed by atoms with Crippen LogP contribution in [0.4, 0.5) is 0 Å². The van der Waals surface area contributed by atoms with Crippen molar-refractivity contribution >= 4 is 17.6 Å². The fraction of sp³-hybridized carbons (Fsp3) is 0.462. The molecule has 1 aliphatic heterocycles. The Balaban J connectivity index is 1.96. The normalized spacial score (nSPS) is 23.3. The van der Waals surface area contributed by atoms with Crippen LogP contribution in [0.3, 0.4) is 0 Å². The van der Waals surface area contributed by atoms with Crippen molar-refractivity contribution in [1.29, 1.82) is 0 Å². The molecule has 92 valence electrons. The molecule has 0 aromatic heterocycles.